The molecule has 0 radical (unpaired) electrons. The van der Waals surface area contributed by atoms with Crippen LogP contribution in [-0.2, 0) is 6.54 Å². The Balaban J connectivity index is 1.86. The summed E-state index contributed by atoms with van der Waals surface area (Å²) in [5.74, 6) is -0.468. The fourth-order valence-electron chi connectivity index (χ4n) is 2.49. The first-order valence-corrected chi connectivity index (χ1v) is 9.02. The molecule has 0 saturated carbocycles. The van der Waals surface area contributed by atoms with Gasteiger partial charge in [0, 0.05) is 5.56 Å². The van der Waals surface area contributed by atoms with Crippen molar-refractivity contribution in [3.63, 3.8) is 0 Å². The fraction of sp³-hybridized carbons (Fsp3) is 0.167. The summed E-state index contributed by atoms with van der Waals surface area (Å²) in [6.07, 6.45) is 0. The zero-order chi connectivity index (χ0) is 20.5. The summed E-state index contributed by atoms with van der Waals surface area (Å²) >= 11 is 18.3. The highest BCUT2D eigenvalue weighted by Crippen LogP contribution is 2.33. The van der Waals surface area contributed by atoms with Gasteiger partial charge in [-0.3, -0.25) is 4.79 Å². The van der Waals surface area contributed by atoms with Gasteiger partial charge in [0.15, 0.2) is 0 Å². The van der Waals surface area contributed by atoms with Crippen LogP contribution < -0.4 is 5.32 Å². The number of fused-ring (bicyclic) bond motifs is 1. The molecule has 1 atom stereocenters. The van der Waals surface area contributed by atoms with Crippen molar-refractivity contribution in [2.45, 2.75) is 19.0 Å². The quantitative estimate of drug-likeness (QED) is 0.626. The molecule has 3 aromatic rings. The molecule has 1 unspecified atom stereocenters. The third-order valence-corrected chi connectivity index (χ3v) is 4.99. The van der Waals surface area contributed by atoms with Gasteiger partial charge in [-0.05, 0) is 37.3 Å². The van der Waals surface area contributed by atoms with Crippen LogP contribution >= 0.6 is 34.8 Å². The Labute approximate surface area is 175 Å². The maximum absolute atomic E-state index is 12.5. The van der Waals surface area contributed by atoms with Gasteiger partial charge in [-0.1, -0.05) is 34.8 Å². The molecule has 10 heteroatoms. The smallest absolute Gasteiger partial charge is 0.252 e. The summed E-state index contributed by atoms with van der Waals surface area (Å²) in [7, 11) is 0. The van der Waals surface area contributed by atoms with Crippen LogP contribution in [0.15, 0.2) is 30.3 Å². The molecule has 0 bridgehead atoms. The monoisotopic (exact) mass is 432 g/mol. The topological polar surface area (TPSA) is 107 Å². The standard InChI is InChI=1S/C18H11Cl3N6O/c1-18(8-23,24-17(28)11-4-2-10(7-22)3-5-11)9-27-25-15-13(20)6-12(19)14(21)16(15)26-27/h2-6H,9H2,1H3,(H,24,28). The number of nitrogens with one attached hydrogen (secondary N) is 1. The summed E-state index contributed by atoms with van der Waals surface area (Å²) < 4.78 is 0. The molecule has 0 fully saturated rings. The second-order valence-electron chi connectivity index (χ2n) is 6.17. The number of aromatic nitrogens is 3. The molecule has 1 aromatic heterocycles. The van der Waals surface area contributed by atoms with Crippen LogP contribution in [0.4, 0.5) is 0 Å². The van der Waals surface area contributed by atoms with Gasteiger partial charge in [0.2, 0.25) is 0 Å². The molecule has 0 aliphatic heterocycles. The van der Waals surface area contributed by atoms with Crippen LogP contribution in [0.2, 0.25) is 15.1 Å². The molecule has 0 aliphatic rings. The molecule has 140 valence electrons. The summed E-state index contributed by atoms with van der Waals surface area (Å²) in [5, 5.41) is 30.3. The predicted molar refractivity (Wildman–Crippen MR) is 105 cm³/mol. The van der Waals surface area contributed by atoms with E-state index in [0.717, 1.165) is 0 Å². The molecule has 1 heterocycles. The maximum Gasteiger partial charge on any atom is 0.252 e. The Bertz CT molecular complexity index is 1160. The van der Waals surface area contributed by atoms with Gasteiger partial charge in [-0.15, -0.1) is 0 Å². The molecule has 1 N–H and O–H groups in total. The summed E-state index contributed by atoms with van der Waals surface area (Å²) in [4.78, 5) is 13.7. The van der Waals surface area contributed by atoms with E-state index in [1.54, 1.807) is 6.92 Å². The molecular weight excluding hydrogens is 423 g/mol. The van der Waals surface area contributed by atoms with Gasteiger partial charge in [-0.2, -0.15) is 25.5 Å². The minimum Gasteiger partial charge on any atom is -0.332 e. The number of carbonyl (C=O) groups excluding carboxylic acids is 1. The Hall–Kier alpha value is -2.84. The number of amides is 1. The summed E-state index contributed by atoms with van der Waals surface area (Å²) in [6, 6.07) is 11.6. The average molecular weight is 434 g/mol. The highest BCUT2D eigenvalue weighted by Gasteiger charge is 2.29. The van der Waals surface area contributed by atoms with Crippen molar-refractivity contribution in [3.05, 3.63) is 56.5 Å². The molecular formula is C18H11Cl3N6O. The zero-order valence-corrected chi connectivity index (χ0v) is 16.6. The van der Waals surface area contributed by atoms with Crippen molar-refractivity contribution in [2.24, 2.45) is 0 Å². The van der Waals surface area contributed by atoms with E-state index in [9.17, 15) is 10.1 Å². The third-order valence-electron chi connectivity index (χ3n) is 3.92. The highest BCUT2D eigenvalue weighted by molar-refractivity contribution is 6.47. The fourth-order valence-corrected chi connectivity index (χ4v) is 3.16. The highest BCUT2D eigenvalue weighted by atomic mass is 35.5. The van der Waals surface area contributed by atoms with E-state index in [0.29, 0.717) is 22.2 Å². The minimum atomic E-state index is -1.32. The van der Waals surface area contributed by atoms with E-state index in [2.05, 4.69) is 21.6 Å². The van der Waals surface area contributed by atoms with Gasteiger partial charge < -0.3 is 5.32 Å². The largest absolute Gasteiger partial charge is 0.332 e. The third kappa shape index (κ3) is 3.88. The first-order valence-electron chi connectivity index (χ1n) is 7.88. The predicted octanol–water partition coefficient (Wildman–Crippen LogP) is 3.98. The van der Waals surface area contributed by atoms with Crippen LogP contribution in [0.1, 0.15) is 22.8 Å². The van der Waals surface area contributed by atoms with Gasteiger partial charge in [0.05, 0.1) is 39.3 Å². The molecule has 7 nitrogen and oxygen atoms in total. The number of hydrogen-bond donors (Lipinski definition) is 1. The van der Waals surface area contributed by atoms with Crippen LogP contribution in [-0.4, -0.2) is 26.4 Å². The summed E-state index contributed by atoms with van der Waals surface area (Å²) in [5.41, 5.74) is 0.0759. The lowest BCUT2D eigenvalue weighted by Gasteiger charge is -2.22. The van der Waals surface area contributed by atoms with Crippen LogP contribution in [0, 0.1) is 22.7 Å². The number of hydrogen-bond acceptors (Lipinski definition) is 5. The van der Waals surface area contributed by atoms with Crippen molar-refractivity contribution in [3.8, 4) is 12.1 Å². The molecule has 1 amide bonds. The number of nitrogens with zero attached hydrogens (tertiary/aromatic N) is 5. The Morgan fingerprint density at radius 3 is 2.39 bits per heavy atom. The SMILES string of the molecule is CC(C#N)(Cn1nc2c(Cl)cc(Cl)c(Cl)c2n1)NC(=O)c1ccc(C#N)cc1. The van der Waals surface area contributed by atoms with E-state index < -0.39 is 11.4 Å². The lowest BCUT2D eigenvalue weighted by atomic mass is 10.0. The minimum absolute atomic E-state index is 0.0511. The lowest BCUT2D eigenvalue weighted by molar-refractivity contribution is 0.0916. The molecule has 28 heavy (non-hydrogen) atoms. The number of halogens is 3. The van der Waals surface area contributed by atoms with Gasteiger partial charge in [0.25, 0.3) is 5.91 Å². The van der Waals surface area contributed by atoms with E-state index >= 15 is 0 Å². The molecule has 0 aliphatic carbocycles. The number of carbonyl (C=O) groups is 1. The van der Waals surface area contributed by atoms with Gasteiger partial charge >= 0.3 is 0 Å². The molecule has 2 aromatic carbocycles. The first kappa shape index (κ1) is 19.9. The second kappa shape index (κ2) is 7.65. The van der Waals surface area contributed by atoms with Crippen LogP contribution in [0.5, 0.6) is 0 Å². The Morgan fingerprint density at radius 2 is 1.79 bits per heavy atom. The average Bonchev–Trinajstić information content (AvgIpc) is 3.10. The number of rotatable bonds is 4. The normalized spacial score (nSPS) is 12.8. The van der Waals surface area contributed by atoms with Crippen molar-refractivity contribution >= 4 is 51.7 Å². The number of nitriles is 2. The molecule has 0 spiro atoms. The number of benzene rings is 2. The van der Waals surface area contributed by atoms with Crippen molar-refractivity contribution in [1.29, 1.82) is 10.5 Å². The lowest BCUT2D eigenvalue weighted by Crippen LogP contribution is -2.48. The van der Waals surface area contributed by atoms with Crippen molar-refractivity contribution in [2.75, 3.05) is 0 Å². The Kier molecular flexibility index (Phi) is 5.44. The maximum atomic E-state index is 12.5. The summed E-state index contributed by atoms with van der Waals surface area (Å²) in [6.45, 7) is 1.49. The molecule has 0 saturated heterocycles. The van der Waals surface area contributed by atoms with Gasteiger partial charge in [0.1, 0.15) is 16.6 Å². The Morgan fingerprint density at radius 1 is 1.14 bits per heavy atom. The first-order chi connectivity index (χ1) is 13.3. The van der Waals surface area contributed by atoms with Crippen molar-refractivity contribution in [1.82, 2.24) is 20.3 Å². The molecule has 3 rings (SSSR count). The van der Waals surface area contributed by atoms with Gasteiger partial charge in [-0.25, -0.2) is 0 Å². The van der Waals surface area contributed by atoms with E-state index in [4.69, 9.17) is 40.1 Å². The van der Waals surface area contributed by atoms with E-state index in [1.807, 2.05) is 6.07 Å². The van der Waals surface area contributed by atoms with Crippen LogP contribution in [0.25, 0.3) is 11.0 Å². The second-order valence-corrected chi connectivity index (χ2v) is 7.36. The van der Waals surface area contributed by atoms with E-state index in [-0.39, 0.29) is 21.6 Å². The van der Waals surface area contributed by atoms with E-state index in [1.165, 1.54) is 35.1 Å². The zero-order valence-electron chi connectivity index (χ0n) is 14.4. The van der Waals surface area contributed by atoms with Crippen LogP contribution in [0.3, 0.4) is 0 Å². The van der Waals surface area contributed by atoms with Crippen molar-refractivity contribution < 1.29 is 4.79 Å².